The van der Waals surface area contributed by atoms with Crippen molar-refractivity contribution in [2.45, 2.75) is 6.54 Å². The van der Waals surface area contributed by atoms with Gasteiger partial charge in [0.2, 0.25) is 11.9 Å². The molecule has 0 saturated heterocycles. The standard InChI is InChI=1S/C27H33N9O2/c1-6-26(37)30-19-15-20(24(38-5)16-23(19)35(4)14-13-34(2)3)31-27-29-12-11-25(32-27)36-22-10-8-7-9-18(22)21(17-28)33-36/h6-12,15-16H,1,13-14,17,28H2,2-5H3,(H,30,37)(H,29,31,32). The van der Waals surface area contributed by atoms with Crippen LogP contribution in [-0.4, -0.2) is 71.9 Å². The second-order valence-corrected chi connectivity index (χ2v) is 8.93. The van der Waals surface area contributed by atoms with E-state index in [0.29, 0.717) is 35.4 Å². The minimum atomic E-state index is -0.317. The van der Waals surface area contributed by atoms with E-state index in [1.807, 2.05) is 51.5 Å². The number of hydrogen-bond acceptors (Lipinski definition) is 9. The third-order valence-electron chi connectivity index (χ3n) is 6.02. The summed E-state index contributed by atoms with van der Waals surface area (Å²) in [5.41, 5.74) is 9.59. The van der Waals surface area contributed by atoms with Gasteiger partial charge in [-0.1, -0.05) is 24.8 Å². The van der Waals surface area contributed by atoms with Crippen LogP contribution in [0.3, 0.4) is 0 Å². The molecule has 2 aromatic carbocycles. The van der Waals surface area contributed by atoms with E-state index in [2.05, 4.69) is 42.1 Å². The van der Waals surface area contributed by atoms with E-state index in [-0.39, 0.29) is 5.91 Å². The maximum Gasteiger partial charge on any atom is 0.247 e. The number of likely N-dealkylation sites (N-methyl/N-ethyl adjacent to an activating group) is 2. The summed E-state index contributed by atoms with van der Waals surface area (Å²) in [6, 6.07) is 13.3. The van der Waals surface area contributed by atoms with Crippen LogP contribution < -0.4 is 26.0 Å². The minimum Gasteiger partial charge on any atom is -0.494 e. The van der Waals surface area contributed by atoms with Crippen LogP contribution in [-0.2, 0) is 11.3 Å². The highest BCUT2D eigenvalue weighted by Crippen LogP contribution is 2.38. The molecule has 0 spiro atoms. The molecule has 38 heavy (non-hydrogen) atoms. The van der Waals surface area contributed by atoms with Crippen LogP contribution in [0.1, 0.15) is 5.69 Å². The van der Waals surface area contributed by atoms with Crippen molar-refractivity contribution in [2.24, 2.45) is 5.73 Å². The fourth-order valence-corrected chi connectivity index (χ4v) is 4.01. The predicted molar refractivity (Wildman–Crippen MR) is 151 cm³/mol. The Kier molecular flexibility index (Phi) is 8.19. The number of nitrogens with one attached hydrogen (secondary N) is 2. The Balaban J connectivity index is 1.71. The largest absolute Gasteiger partial charge is 0.494 e. The van der Waals surface area contributed by atoms with E-state index in [0.717, 1.165) is 35.4 Å². The average Bonchev–Trinajstić information content (AvgIpc) is 3.31. The molecular weight excluding hydrogens is 482 g/mol. The van der Waals surface area contributed by atoms with E-state index in [9.17, 15) is 4.79 Å². The van der Waals surface area contributed by atoms with E-state index >= 15 is 0 Å². The van der Waals surface area contributed by atoms with E-state index in [1.165, 1.54) is 6.08 Å². The van der Waals surface area contributed by atoms with Gasteiger partial charge in [-0.2, -0.15) is 10.1 Å². The van der Waals surface area contributed by atoms with Crippen molar-refractivity contribution in [2.75, 3.05) is 56.9 Å². The molecule has 0 radical (unpaired) electrons. The Morgan fingerprint density at radius 1 is 1.16 bits per heavy atom. The highest BCUT2D eigenvalue weighted by atomic mass is 16.5. The molecule has 0 aliphatic rings. The van der Waals surface area contributed by atoms with E-state index in [4.69, 9.17) is 10.5 Å². The number of benzene rings is 2. The molecule has 4 rings (SSSR count). The van der Waals surface area contributed by atoms with Gasteiger partial charge < -0.3 is 30.9 Å². The molecule has 2 heterocycles. The van der Waals surface area contributed by atoms with Gasteiger partial charge in [-0.05, 0) is 32.3 Å². The topological polar surface area (TPSA) is 126 Å². The lowest BCUT2D eigenvalue weighted by atomic mass is 10.2. The first kappa shape index (κ1) is 26.6. The highest BCUT2D eigenvalue weighted by molar-refractivity contribution is 6.02. The number of anilines is 4. The van der Waals surface area contributed by atoms with Gasteiger partial charge >= 0.3 is 0 Å². The van der Waals surface area contributed by atoms with Gasteiger partial charge in [-0.15, -0.1) is 0 Å². The van der Waals surface area contributed by atoms with Crippen LogP contribution in [0.25, 0.3) is 16.7 Å². The van der Waals surface area contributed by atoms with E-state index < -0.39 is 0 Å². The minimum absolute atomic E-state index is 0.315. The lowest BCUT2D eigenvalue weighted by molar-refractivity contribution is -0.111. The number of para-hydroxylation sites is 1. The zero-order valence-electron chi connectivity index (χ0n) is 22.1. The predicted octanol–water partition coefficient (Wildman–Crippen LogP) is 3.15. The number of fused-ring (bicyclic) bond motifs is 1. The van der Waals surface area contributed by atoms with Gasteiger partial charge in [0.15, 0.2) is 5.82 Å². The molecule has 0 aliphatic carbocycles. The fourth-order valence-electron chi connectivity index (χ4n) is 4.01. The number of nitrogens with zero attached hydrogens (tertiary/aromatic N) is 6. The number of nitrogens with two attached hydrogens (primary N) is 1. The highest BCUT2D eigenvalue weighted by Gasteiger charge is 2.17. The third-order valence-corrected chi connectivity index (χ3v) is 6.02. The number of ether oxygens (including phenoxy) is 1. The summed E-state index contributed by atoms with van der Waals surface area (Å²) in [7, 11) is 7.58. The molecule has 0 fully saturated rings. The summed E-state index contributed by atoms with van der Waals surface area (Å²) in [4.78, 5) is 25.5. The Hall–Kier alpha value is -4.48. The molecule has 0 atom stereocenters. The number of hydrogen-bond donors (Lipinski definition) is 3. The molecule has 0 bridgehead atoms. The van der Waals surface area contributed by atoms with Crippen molar-refractivity contribution >= 4 is 39.8 Å². The molecular formula is C27H33N9O2. The van der Waals surface area contributed by atoms with Crippen molar-refractivity contribution in [3.63, 3.8) is 0 Å². The number of carbonyl (C=O) groups is 1. The summed E-state index contributed by atoms with van der Waals surface area (Å²) in [6.45, 7) is 5.47. The number of aromatic nitrogens is 4. The Bertz CT molecular complexity index is 1450. The first-order valence-electron chi connectivity index (χ1n) is 12.1. The smallest absolute Gasteiger partial charge is 0.247 e. The van der Waals surface area contributed by atoms with Crippen LogP contribution in [0.2, 0.25) is 0 Å². The lowest BCUT2D eigenvalue weighted by Crippen LogP contribution is -2.29. The molecule has 11 nitrogen and oxygen atoms in total. The van der Waals surface area contributed by atoms with Crippen molar-refractivity contribution < 1.29 is 9.53 Å². The van der Waals surface area contributed by atoms with Crippen LogP contribution in [0.4, 0.5) is 23.0 Å². The van der Waals surface area contributed by atoms with Crippen LogP contribution >= 0.6 is 0 Å². The Morgan fingerprint density at radius 2 is 1.95 bits per heavy atom. The number of methoxy groups -OCH3 is 1. The zero-order chi connectivity index (χ0) is 27.2. The van der Waals surface area contributed by atoms with Crippen molar-refractivity contribution in [1.82, 2.24) is 24.6 Å². The molecule has 4 N–H and O–H groups in total. The number of amides is 1. The van der Waals surface area contributed by atoms with Gasteiger partial charge in [-0.25, -0.2) is 9.67 Å². The zero-order valence-corrected chi connectivity index (χ0v) is 22.1. The molecule has 198 valence electrons. The maximum atomic E-state index is 12.2. The van der Waals surface area contributed by atoms with Crippen LogP contribution in [0.5, 0.6) is 5.75 Å². The van der Waals surface area contributed by atoms with Crippen molar-refractivity contribution in [3.05, 3.63) is 67.0 Å². The van der Waals surface area contributed by atoms with Gasteiger partial charge in [-0.3, -0.25) is 4.79 Å². The fraction of sp³-hybridized carbons (Fsp3) is 0.259. The van der Waals surface area contributed by atoms with Crippen molar-refractivity contribution in [1.29, 1.82) is 0 Å². The molecule has 1 amide bonds. The molecule has 4 aromatic rings. The van der Waals surface area contributed by atoms with Gasteiger partial charge in [0, 0.05) is 50.4 Å². The lowest BCUT2D eigenvalue weighted by Gasteiger charge is -2.26. The average molecular weight is 516 g/mol. The number of rotatable bonds is 11. The summed E-state index contributed by atoms with van der Waals surface area (Å²) in [5.74, 6) is 1.17. The van der Waals surface area contributed by atoms with Gasteiger partial charge in [0.05, 0.1) is 35.4 Å². The molecule has 2 aromatic heterocycles. The quantitative estimate of drug-likeness (QED) is 0.258. The first-order valence-corrected chi connectivity index (χ1v) is 12.1. The summed E-state index contributed by atoms with van der Waals surface area (Å²) < 4.78 is 7.44. The van der Waals surface area contributed by atoms with Gasteiger partial charge in [0.25, 0.3) is 0 Å². The van der Waals surface area contributed by atoms with Crippen LogP contribution in [0.15, 0.2) is 61.3 Å². The number of carbonyl (C=O) groups excluding carboxylic acids is 1. The van der Waals surface area contributed by atoms with Crippen molar-refractivity contribution in [3.8, 4) is 11.6 Å². The van der Waals surface area contributed by atoms with E-state index in [1.54, 1.807) is 30.1 Å². The molecule has 0 unspecified atom stereocenters. The second kappa shape index (κ2) is 11.7. The summed E-state index contributed by atoms with van der Waals surface area (Å²) in [5, 5.41) is 11.8. The molecule has 11 heteroatoms. The Morgan fingerprint density at radius 3 is 2.66 bits per heavy atom. The summed E-state index contributed by atoms with van der Waals surface area (Å²) in [6.07, 6.45) is 2.89. The maximum absolute atomic E-state index is 12.2. The van der Waals surface area contributed by atoms with Gasteiger partial charge in [0.1, 0.15) is 5.75 Å². The van der Waals surface area contributed by atoms with Crippen LogP contribution in [0, 0.1) is 0 Å². The SMILES string of the molecule is C=CC(=O)Nc1cc(Nc2nccc(-n3nc(CN)c4ccccc43)n2)c(OC)cc1N(C)CCN(C)C. The summed E-state index contributed by atoms with van der Waals surface area (Å²) >= 11 is 0. The second-order valence-electron chi connectivity index (χ2n) is 8.93. The normalized spacial score (nSPS) is 11.0. The monoisotopic (exact) mass is 515 g/mol. The Labute approximate surface area is 221 Å². The molecule has 0 saturated carbocycles. The molecule has 0 aliphatic heterocycles. The first-order chi connectivity index (χ1) is 18.3. The third kappa shape index (κ3) is 5.74.